The van der Waals surface area contributed by atoms with E-state index in [2.05, 4.69) is 75.5 Å². The van der Waals surface area contributed by atoms with Crippen LogP contribution in [0, 0.1) is 0 Å². The van der Waals surface area contributed by atoms with E-state index in [1.807, 2.05) is 12.2 Å². The number of rotatable bonds is 53. The number of allylic oxidation sites excluding steroid dienone is 11. The van der Waals surface area contributed by atoms with Crippen molar-refractivity contribution in [3.8, 4) is 0 Å². The molecule has 0 aromatic carbocycles. The van der Waals surface area contributed by atoms with Crippen molar-refractivity contribution in [2.75, 3.05) is 26.4 Å². The van der Waals surface area contributed by atoms with E-state index < -0.39 is 57.8 Å². The van der Waals surface area contributed by atoms with Crippen LogP contribution in [0.25, 0.3) is 0 Å². The Labute approximate surface area is 439 Å². The lowest BCUT2D eigenvalue weighted by Crippen LogP contribution is -2.30. The lowest BCUT2D eigenvalue weighted by atomic mass is 10.0. The lowest BCUT2D eigenvalue weighted by Gasteiger charge is -2.21. The third kappa shape index (κ3) is 51.8. The molecule has 72 heavy (non-hydrogen) atoms. The molecule has 0 fully saturated rings. The maximum atomic E-state index is 12.9. The lowest BCUT2D eigenvalue weighted by molar-refractivity contribution is -0.160. The molecule has 0 saturated heterocycles. The molecule has 11 nitrogen and oxygen atoms in total. The summed E-state index contributed by atoms with van der Waals surface area (Å²) in [6.07, 6.45) is 60.3. The Bertz CT molecular complexity index is 1490. The van der Waals surface area contributed by atoms with Gasteiger partial charge in [0, 0.05) is 12.8 Å². The summed E-state index contributed by atoms with van der Waals surface area (Å²) in [6.45, 7) is 4.43. The van der Waals surface area contributed by atoms with E-state index in [0.29, 0.717) is 19.3 Å². The second-order valence-corrected chi connectivity index (χ2v) is 20.5. The molecule has 0 aliphatic heterocycles. The van der Waals surface area contributed by atoms with Gasteiger partial charge >= 0.3 is 25.7 Å². The van der Waals surface area contributed by atoms with Gasteiger partial charge in [-0.1, -0.05) is 235 Å². The fraction of sp³-hybridized carbons (Fsp3) is 0.750. The van der Waals surface area contributed by atoms with Crippen LogP contribution in [0.2, 0.25) is 0 Å². The number of hydrogen-bond donors (Lipinski definition) is 2. The van der Waals surface area contributed by atoms with Crippen molar-refractivity contribution in [2.45, 2.75) is 264 Å². The van der Waals surface area contributed by atoms with Gasteiger partial charge in [-0.3, -0.25) is 23.4 Å². The van der Waals surface area contributed by atoms with Gasteiger partial charge in [-0.25, -0.2) is 4.57 Å². The van der Waals surface area contributed by atoms with Gasteiger partial charge in [-0.05, 0) is 70.6 Å². The van der Waals surface area contributed by atoms with Crippen LogP contribution in [0.4, 0.5) is 0 Å². The Kier molecular flexibility index (Phi) is 51.9. The molecule has 0 aromatic heterocycles. The zero-order valence-corrected chi connectivity index (χ0v) is 46.8. The fourth-order valence-electron chi connectivity index (χ4n) is 7.78. The van der Waals surface area contributed by atoms with E-state index in [-0.39, 0.29) is 25.9 Å². The number of phosphoric acid groups is 1. The van der Waals surface area contributed by atoms with Crippen molar-refractivity contribution in [1.82, 2.24) is 0 Å². The molecule has 0 aliphatic carbocycles. The van der Waals surface area contributed by atoms with E-state index in [9.17, 15) is 28.9 Å². The maximum Gasteiger partial charge on any atom is 0.472 e. The summed E-state index contributed by atoms with van der Waals surface area (Å²) in [7, 11) is -4.77. The van der Waals surface area contributed by atoms with Crippen LogP contribution in [0.1, 0.15) is 252 Å². The third-order valence-corrected chi connectivity index (χ3v) is 13.1. The van der Waals surface area contributed by atoms with E-state index in [0.717, 1.165) is 70.6 Å². The minimum atomic E-state index is -4.77. The Morgan fingerprint density at radius 3 is 1.21 bits per heavy atom. The van der Waals surface area contributed by atoms with Gasteiger partial charge < -0.3 is 24.2 Å². The number of esters is 3. The Hall–Kier alpha value is -3.08. The number of carbonyl (C=O) groups excluding carboxylic acids is 3. The van der Waals surface area contributed by atoms with Gasteiger partial charge in [0.05, 0.1) is 26.2 Å². The van der Waals surface area contributed by atoms with E-state index in [4.69, 9.17) is 23.3 Å². The number of aliphatic hydroxyl groups excluding tert-OH is 1. The van der Waals surface area contributed by atoms with Crippen molar-refractivity contribution in [3.63, 3.8) is 0 Å². The fourth-order valence-corrected chi connectivity index (χ4v) is 8.56. The maximum absolute atomic E-state index is 12.9. The summed E-state index contributed by atoms with van der Waals surface area (Å²) < 4.78 is 39.4. The predicted molar refractivity (Wildman–Crippen MR) is 298 cm³/mol. The highest BCUT2D eigenvalue weighted by molar-refractivity contribution is 7.47. The van der Waals surface area contributed by atoms with Gasteiger partial charge in [0.25, 0.3) is 0 Å². The molecular weight excluding hydrogens is 928 g/mol. The second kappa shape index (κ2) is 54.2. The van der Waals surface area contributed by atoms with Crippen molar-refractivity contribution in [2.24, 2.45) is 0 Å². The highest BCUT2D eigenvalue weighted by atomic mass is 31.2. The summed E-state index contributed by atoms with van der Waals surface area (Å²) >= 11 is 0. The normalized spacial score (nSPS) is 13.9. The van der Waals surface area contributed by atoms with Gasteiger partial charge in [0.15, 0.2) is 6.10 Å². The van der Waals surface area contributed by atoms with Crippen molar-refractivity contribution in [3.05, 3.63) is 72.9 Å². The van der Waals surface area contributed by atoms with Gasteiger partial charge in [-0.15, -0.1) is 0 Å². The Morgan fingerprint density at radius 1 is 0.417 bits per heavy atom. The first-order valence-corrected chi connectivity index (χ1v) is 30.3. The quantitative estimate of drug-likeness (QED) is 0.0197. The Morgan fingerprint density at radius 2 is 0.778 bits per heavy atom. The third-order valence-electron chi connectivity index (χ3n) is 12.1. The first kappa shape index (κ1) is 68.9. The van der Waals surface area contributed by atoms with Crippen LogP contribution in [0.5, 0.6) is 0 Å². The van der Waals surface area contributed by atoms with E-state index >= 15 is 0 Å². The first-order chi connectivity index (χ1) is 35.2. The average Bonchev–Trinajstić information content (AvgIpc) is 3.37. The summed E-state index contributed by atoms with van der Waals surface area (Å²) in [5.74, 6) is -1.62. The molecule has 0 saturated carbocycles. The van der Waals surface area contributed by atoms with E-state index in [1.54, 1.807) is 6.08 Å². The molecule has 0 heterocycles. The molecule has 416 valence electrons. The molecule has 0 spiro atoms. The number of hydrogen-bond acceptors (Lipinski definition) is 10. The summed E-state index contributed by atoms with van der Waals surface area (Å²) in [4.78, 5) is 48.4. The van der Waals surface area contributed by atoms with Crippen LogP contribution in [-0.4, -0.2) is 66.5 Å². The number of ether oxygens (including phenoxy) is 3. The molecule has 3 atom stereocenters. The predicted octanol–water partition coefficient (Wildman–Crippen LogP) is 16.9. The molecule has 0 rings (SSSR count). The Balaban J connectivity index is 4.81. The van der Waals surface area contributed by atoms with Crippen LogP contribution in [0.15, 0.2) is 72.9 Å². The second-order valence-electron chi connectivity index (χ2n) is 19.1. The molecule has 2 N–H and O–H groups in total. The molecule has 3 unspecified atom stereocenters. The van der Waals surface area contributed by atoms with Crippen molar-refractivity contribution >= 4 is 25.7 Å². The number of aliphatic hydroxyl groups is 1. The highest BCUT2D eigenvalue weighted by Crippen LogP contribution is 2.43. The first-order valence-electron chi connectivity index (χ1n) is 28.8. The van der Waals surface area contributed by atoms with E-state index in [1.165, 1.54) is 122 Å². The minimum Gasteiger partial charge on any atom is -0.462 e. The van der Waals surface area contributed by atoms with Gasteiger partial charge in [0.2, 0.25) is 0 Å². The number of unbranched alkanes of at least 4 members (excludes halogenated alkanes) is 25. The molecule has 12 heteroatoms. The molecule has 0 radical (unpaired) electrons. The van der Waals surface area contributed by atoms with Crippen LogP contribution in [0.3, 0.4) is 0 Å². The largest absolute Gasteiger partial charge is 0.472 e. The van der Waals surface area contributed by atoms with Crippen molar-refractivity contribution in [1.29, 1.82) is 0 Å². The molecule has 0 aromatic rings. The monoisotopic (exact) mass is 1030 g/mol. The van der Waals surface area contributed by atoms with Crippen molar-refractivity contribution < 1.29 is 52.2 Å². The zero-order chi connectivity index (χ0) is 52.7. The van der Waals surface area contributed by atoms with Crippen LogP contribution in [-0.2, 0) is 42.2 Å². The molecule has 0 amide bonds. The van der Waals surface area contributed by atoms with Crippen LogP contribution >= 0.6 is 7.82 Å². The molecular formula is C60H105O11P. The highest BCUT2D eigenvalue weighted by Gasteiger charge is 2.28. The SMILES string of the molecule is CC/C=C\C/C=C\C/C=C\C/C=C\C/C=C\CC(=O)OC(COC(=O)CCCCCCCCC/C=C\CCCCCCCC)COP(=O)(O)OCC(CO)OC(=O)CCCCCCCCCCCCCCC. The topological polar surface area (TPSA) is 155 Å². The van der Waals surface area contributed by atoms with Crippen LogP contribution < -0.4 is 0 Å². The summed E-state index contributed by atoms with van der Waals surface area (Å²) in [5.41, 5.74) is 0. The smallest absolute Gasteiger partial charge is 0.462 e. The number of phosphoric ester groups is 1. The molecule has 0 aliphatic rings. The van der Waals surface area contributed by atoms with Gasteiger partial charge in [-0.2, -0.15) is 0 Å². The molecule has 0 bridgehead atoms. The number of carbonyl (C=O) groups is 3. The average molecular weight is 1030 g/mol. The summed E-state index contributed by atoms with van der Waals surface area (Å²) in [6, 6.07) is 0. The van der Waals surface area contributed by atoms with Gasteiger partial charge in [0.1, 0.15) is 12.7 Å². The minimum absolute atomic E-state index is 0.0654. The standard InChI is InChI=1S/C60H105O11P/c1-4-7-10-13-16-19-22-25-27-28-30-32-34-37-40-43-46-49-58(62)67-53-57(71-60(64)51-48-45-42-39-36-33-29-26-23-20-17-14-11-8-5-2)55-69-72(65,66)68-54-56(52-61)70-59(63)50-47-44-41-38-35-31-24-21-18-15-12-9-6-3/h8,11,17,20,25-27,29,36,39,45,48,56-57,61H,4-7,9-10,12-16,18-19,21-24,28,30-35,37-38,40-44,46-47,49-55H2,1-3H3,(H,65,66)/b11-8-,20-17-,27-25-,29-26-,39-36-,48-45-. The zero-order valence-electron chi connectivity index (χ0n) is 45.9. The summed E-state index contributed by atoms with van der Waals surface area (Å²) in [5, 5.41) is 9.80.